The van der Waals surface area contributed by atoms with E-state index in [1.54, 1.807) is 0 Å². The van der Waals surface area contributed by atoms with Crippen molar-refractivity contribution >= 4 is 17.9 Å². The highest BCUT2D eigenvalue weighted by molar-refractivity contribution is 5.71. The summed E-state index contributed by atoms with van der Waals surface area (Å²) in [7, 11) is 0. The Morgan fingerprint density at radius 3 is 0.744 bits per heavy atom. The molecule has 0 saturated heterocycles. The number of unbranched alkanes of at least 4 members (excludes halogenated alkanes) is 43. The molecule has 6 heteroatoms. The molecule has 1 unspecified atom stereocenters. The average molecular weight is 1150 g/mol. The zero-order chi connectivity index (χ0) is 59.2. The van der Waals surface area contributed by atoms with Crippen LogP contribution in [0.15, 0.2) is 72.9 Å². The smallest absolute Gasteiger partial charge is 0.306 e. The van der Waals surface area contributed by atoms with Gasteiger partial charge in [0.1, 0.15) is 13.2 Å². The van der Waals surface area contributed by atoms with Gasteiger partial charge in [0.05, 0.1) is 0 Å². The third-order valence-corrected chi connectivity index (χ3v) is 16.0. The molecule has 0 heterocycles. The summed E-state index contributed by atoms with van der Waals surface area (Å²) in [5.41, 5.74) is 0. The minimum atomic E-state index is -0.770. The van der Waals surface area contributed by atoms with Crippen molar-refractivity contribution < 1.29 is 28.6 Å². The quantitative estimate of drug-likeness (QED) is 0.0261. The van der Waals surface area contributed by atoms with E-state index in [0.29, 0.717) is 19.3 Å². The Morgan fingerprint density at radius 1 is 0.256 bits per heavy atom. The molecule has 6 nitrogen and oxygen atoms in total. The molecule has 82 heavy (non-hydrogen) atoms. The monoisotopic (exact) mass is 1150 g/mol. The highest BCUT2D eigenvalue weighted by atomic mass is 16.6. The topological polar surface area (TPSA) is 78.9 Å². The lowest BCUT2D eigenvalue weighted by atomic mass is 10.0. The van der Waals surface area contributed by atoms with Crippen LogP contribution in [0.1, 0.15) is 374 Å². The maximum Gasteiger partial charge on any atom is 0.306 e. The molecule has 0 aromatic rings. The number of hydrogen-bond acceptors (Lipinski definition) is 6. The van der Waals surface area contributed by atoms with Gasteiger partial charge in [0.15, 0.2) is 6.10 Å². The van der Waals surface area contributed by atoms with Crippen molar-refractivity contribution in [2.75, 3.05) is 13.2 Å². The minimum Gasteiger partial charge on any atom is -0.462 e. The van der Waals surface area contributed by atoms with E-state index in [1.165, 1.54) is 238 Å². The number of rotatable bonds is 66. The summed E-state index contributed by atoms with van der Waals surface area (Å²) in [6.45, 7) is 6.58. The van der Waals surface area contributed by atoms with Gasteiger partial charge in [-0.05, 0) is 70.6 Å². The fourth-order valence-electron chi connectivity index (χ4n) is 10.6. The second kappa shape index (κ2) is 70.3. The molecule has 0 N–H and O–H groups in total. The standard InChI is InChI=1S/C76H136O6/c1-4-7-10-13-16-19-22-25-27-29-30-31-32-33-34-35-36-37-38-39-40-41-42-43-44-45-46-48-49-51-54-57-60-63-66-69-75(78)81-72-73(71-80-74(77)68-65-62-59-56-53-24-21-18-15-12-9-6-3)82-76(79)70-67-64-61-58-55-52-50-47-28-26-23-20-17-14-11-8-5-2/h7,10,16,19,25,27,30-31,33-34,36-37,73H,4-6,8-9,11-15,17-18,20-24,26,28-29,32,35,38-72H2,1-3H3/b10-7-,19-16-,27-25-,31-30-,34-33-,37-36-. The van der Waals surface area contributed by atoms with Crippen molar-refractivity contribution in [2.45, 2.75) is 380 Å². The molecule has 0 aliphatic heterocycles. The van der Waals surface area contributed by atoms with Gasteiger partial charge >= 0.3 is 17.9 Å². The van der Waals surface area contributed by atoms with E-state index in [1.807, 2.05) is 0 Å². The molecule has 0 aliphatic carbocycles. The molecule has 0 spiro atoms. The molecule has 0 fully saturated rings. The van der Waals surface area contributed by atoms with Gasteiger partial charge < -0.3 is 14.2 Å². The van der Waals surface area contributed by atoms with Crippen LogP contribution in [0.2, 0.25) is 0 Å². The molecular weight excluding hydrogens is 1010 g/mol. The van der Waals surface area contributed by atoms with Crippen molar-refractivity contribution in [3.63, 3.8) is 0 Å². The van der Waals surface area contributed by atoms with Crippen molar-refractivity contribution in [1.82, 2.24) is 0 Å². The van der Waals surface area contributed by atoms with Crippen molar-refractivity contribution in [3.8, 4) is 0 Å². The normalized spacial score (nSPS) is 12.5. The Morgan fingerprint density at radius 2 is 0.476 bits per heavy atom. The molecule has 0 aromatic heterocycles. The van der Waals surface area contributed by atoms with E-state index in [2.05, 4.69) is 93.7 Å². The zero-order valence-corrected chi connectivity index (χ0v) is 54.8. The Bertz CT molecular complexity index is 1500. The van der Waals surface area contributed by atoms with Gasteiger partial charge in [0, 0.05) is 19.3 Å². The van der Waals surface area contributed by atoms with E-state index in [0.717, 1.165) is 96.3 Å². The summed E-state index contributed by atoms with van der Waals surface area (Å²) >= 11 is 0. The van der Waals surface area contributed by atoms with Crippen LogP contribution in [0.4, 0.5) is 0 Å². The number of hydrogen-bond donors (Lipinski definition) is 0. The molecule has 0 bridgehead atoms. The second-order valence-corrected chi connectivity index (χ2v) is 24.1. The number of carbonyl (C=O) groups excluding carboxylic acids is 3. The van der Waals surface area contributed by atoms with E-state index in [9.17, 15) is 14.4 Å². The molecule has 0 radical (unpaired) electrons. The number of carbonyl (C=O) groups is 3. The molecule has 0 aromatic carbocycles. The molecule has 0 rings (SSSR count). The van der Waals surface area contributed by atoms with Gasteiger partial charge in [0.25, 0.3) is 0 Å². The lowest BCUT2D eigenvalue weighted by Gasteiger charge is -2.18. The van der Waals surface area contributed by atoms with E-state index in [-0.39, 0.29) is 31.1 Å². The maximum atomic E-state index is 12.9. The molecular formula is C76H136O6. The van der Waals surface area contributed by atoms with Crippen LogP contribution in [-0.2, 0) is 28.6 Å². The summed E-state index contributed by atoms with van der Waals surface area (Å²) in [4.78, 5) is 38.4. The Hall–Kier alpha value is -3.15. The SMILES string of the molecule is CC/C=C\C/C=C\C/C=C\C/C=C\C/C=C\C/C=C\CCCCCCCCCCCCCCCCCCC(=O)OCC(COC(=O)CCCCCCCCCCCCCC)OC(=O)CCCCCCCCCCCCCCCCCCC. The van der Waals surface area contributed by atoms with Gasteiger partial charge in [-0.25, -0.2) is 0 Å². The predicted octanol–water partition coefficient (Wildman–Crippen LogP) is 24.8. The van der Waals surface area contributed by atoms with E-state index >= 15 is 0 Å². The first-order valence-electron chi connectivity index (χ1n) is 35.9. The first kappa shape index (κ1) is 78.8. The third kappa shape index (κ3) is 67.6. The Labute approximate surface area is 510 Å². The summed E-state index contributed by atoms with van der Waals surface area (Å²) in [6, 6.07) is 0. The number of ether oxygens (including phenoxy) is 3. The van der Waals surface area contributed by atoms with E-state index < -0.39 is 6.10 Å². The van der Waals surface area contributed by atoms with Crippen molar-refractivity contribution in [2.24, 2.45) is 0 Å². The molecule has 476 valence electrons. The van der Waals surface area contributed by atoms with Crippen LogP contribution >= 0.6 is 0 Å². The van der Waals surface area contributed by atoms with Gasteiger partial charge in [0.2, 0.25) is 0 Å². The largest absolute Gasteiger partial charge is 0.462 e. The lowest BCUT2D eigenvalue weighted by molar-refractivity contribution is -0.167. The lowest BCUT2D eigenvalue weighted by Crippen LogP contribution is -2.30. The highest BCUT2D eigenvalue weighted by Gasteiger charge is 2.19. The van der Waals surface area contributed by atoms with Crippen LogP contribution in [0.25, 0.3) is 0 Å². The fourth-order valence-corrected chi connectivity index (χ4v) is 10.6. The predicted molar refractivity (Wildman–Crippen MR) is 358 cm³/mol. The summed E-state index contributed by atoms with van der Waals surface area (Å²) < 4.78 is 17.0. The van der Waals surface area contributed by atoms with E-state index in [4.69, 9.17) is 14.2 Å². The molecule has 0 amide bonds. The van der Waals surface area contributed by atoms with Crippen LogP contribution in [0.5, 0.6) is 0 Å². The summed E-state index contributed by atoms with van der Waals surface area (Å²) in [5, 5.41) is 0. The first-order chi connectivity index (χ1) is 40.5. The first-order valence-corrected chi connectivity index (χ1v) is 35.9. The van der Waals surface area contributed by atoms with Gasteiger partial charge in [-0.3, -0.25) is 14.4 Å². The maximum absolute atomic E-state index is 12.9. The highest BCUT2D eigenvalue weighted by Crippen LogP contribution is 2.18. The minimum absolute atomic E-state index is 0.0670. The second-order valence-electron chi connectivity index (χ2n) is 24.1. The molecule has 0 aliphatic rings. The third-order valence-electron chi connectivity index (χ3n) is 16.0. The Kier molecular flexibility index (Phi) is 67.6. The van der Waals surface area contributed by atoms with Crippen LogP contribution in [-0.4, -0.2) is 37.2 Å². The summed E-state index contributed by atoms with van der Waals surface area (Å²) in [5.74, 6) is -0.841. The van der Waals surface area contributed by atoms with Crippen LogP contribution in [0.3, 0.4) is 0 Å². The molecule has 0 saturated carbocycles. The summed E-state index contributed by atoms with van der Waals surface area (Å²) in [6.07, 6.45) is 92.3. The number of esters is 3. The zero-order valence-electron chi connectivity index (χ0n) is 54.8. The average Bonchev–Trinajstić information content (AvgIpc) is 3.47. The van der Waals surface area contributed by atoms with Gasteiger partial charge in [-0.2, -0.15) is 0 Å². The number of allylic oxidation sites excluding steroid dienone is 12. The Balaban J connectivity index is 4.11. The van der Waals surface area contributed by atoms with Gasteiger partial charge in [-0.15, -0.1) is 0 Å². The van der Waals surface area contributed by atoms with Crippen molar-refractivity contribution in [3.05, 3.63) is 72.9 Å². The fraction of sp³-hybridized carbons (Fsp3) is 0.803. The van der Waals surface area contributed by atoms with Crippen LogP contribution < -0.4 is 0 Å². The van der Waals surface area contributed by atoms with Gasteiger partial charge in [-0.1, -0.05) is 357 Å². The van der Waals surface area contributed by atoms with Crippen LogP contribution in [0, 0.1) is 0 Å². The van der Waals surface area contributed by atoms with Crippen molar-refractivity contribution in [1.29, 1.82) is 0 Å². The molecule has 1 atom stereocenters.